The van der Waals surface area contributed by atoms with Crippen LogP contribution in [0.4, 0.5) is 0 Å². The van der Waals surface area contributed by atoms with Crippen molar-refractivity contribution in [1.29, 1.82) is 0 Å². The van der Waals surface area contributed by atoms with Crippen LogP contribution >= 0.6 is 15.9 Å². The topological polar surface area (TPSA) is 33.2 Å². The molecule has 4 heteroatoms. The fraction of sp³-hybridized carbons (Fsp3) is 0.250. The Hall–Kier alpha value is -1.68. The van der Waals surface area contributed by atoms with Crippen molar-refractivity contribution in [3.8, 4) is 0 Å². The minimum atomic E-state index is 0.101. The number of hydrogen-bond acceptors (Lipinski definition) is 2. The van der Waals surface area contributed by atoms with Crippen LogP contribution in [0.15, 0.2) is 53.3 Å². The van der Waals surface area contributed by atoms with Gasteiger partial charge in [0.2, 0.25) is 0 Å². The van der Waals surface area contributed by atoms with E-state index in [9.17, 15) is 4.79 Å². The van der Waals surface area contributed by atoms with Crippen LogP contribution in [0.1, 0.15) is 34.8 Å². The average Bonchev–Trinajstić information content (AvgIpc) is 2.97. The maximum Gasteiger partial charge on any atom is 0.254 e. The van der Waals surface area contributed by atoms with Crippen LogP contribution in [0.2, 0.25) is 0 Å². The molecule has 0 radical (unpaired) electrons. The van der Waals surface area contributed by atoms with Crippen LogP contribution < -0.4 is 0 Å². The van der Waals surface area contributed by atoms with Crippen LogP contribution in [0.3, 0.4) is 0 Å². The number of benzene rings is 1. The summed E-state index contributed by atoms with van der Waals surface area (Å²) in [6, 6.07) is 13.5. The highest BCUT2D eigenvalue weighted by Gasteiger charge is 2.31. The summed E-state index contributed by atoms with van der Waals surface area (Å²) in [6.07, 6.45) is 3.78. The Balaban J connectivity index is 1.90. The summed E-state index contributed by atoms with van der Waals surface area (Å²) in [7, 11) is 0. The number of hydrogen-bond donors (Lipinski definition) is 0. The molecule has 0 bridgehead atoms. The predicted molar refractivity (Wildman–Crippen MR) is 81.4 cm³/mol. The van der Waals surface area contributed by atoms with E-state index in [1.165, 1.54) is 0 Å². The molecule has 1 fully saturated rings. The van der Waals surface area contributed by atoms with Crippen molar-refractivity contribution in [3.63, 3.8) is 0 Å². The second-order valence-electron chi connectivity index (χ2n) is 4.91. The second kappa shape index (κ2) is 5.75. The quantitative estimate of drug-likeness (QED) is 0.784. The van der Waals surface area contributed by atoms with Crippen molar-refractivity contribution in [2.45, 2.75) is 18.9 Å². The third kappa shape index (κ3) is 2.48. The maximum atomic E-state index is 12.6. The van der Waals surface area contributed by atoms with E-state index < -0.39 is 0 Å². The summed E-state index contributed by atoms with van der Waals surface area (Å²) < 4.78 is 0.831. The highest BCUT2D eigenvalue weighted by atomic mass is 79.9. The second-order valence-corrected chi connectivity index (χ2v) is 5.66. The summed E-state index contributed by atoms with van der Waals surface area (Å²) in [6.45, 7) is 0.805. The summed E-state index contributed by atoms with van der Waals surface area (Å²) in [5, 5.41) is 0. The SMILES string of the molecule is O=C(c1ccccc1)N1CCC[C@H]1c1cccnc1Br. The molecule has 3 nitrogen and oxygen atoms in total. The van der Waals surface area contributed by atoms with Gasteiger partial charge < -0.3 is 4.90 Å². The van der Waals surface area contributed by atoms with Gasteiger partial charge in [0, 0.05) is 23.9 Å². The average molecular weight is 331 g/mol. The minimum Gasteiger partial charge on any atom is -0.332 e. The van der Waals surface area contributed by atoms with Crippen molar-refractivity contribution in [3.05, 3.63) is 64.4 Å². The molecule has 20 heavy (non-hydrogen) atoms. The first-order valence-electron chi connectivity index (χ1n) is 6.74. The molecular formula is C16H15BrN2O. The number of pyridine rings is 1. The van der Waals surface area contributed by atoms with Crippen molar-refractivity contribution in [2.75, 3.05) is 6.54 Å². The molecule has 1 aromatic carbocycles. The van der Waals surface area contributed by atoms with Gasteiger partial charge in [0.15, 0.2) is 0 Å². The maximum absolute atomic E-state index is 12.6. The minimum absolute atomic E-state index is 0.101. The molecule has 102 valence electrons. The Morgan fingerprint density at radius 1 is 1.20 bits per heavy atom. The molecule has 0 unspecified atom stereocenters. The molecule has 0 saturated carbocycles. The van der Waals surface area contributed by atoms with Gasteiger partial charge >= 0.3 is 0 Å². The Labute approximate surface area is 126 Å². The lowest BCUT2D eigenvalue weighted by molar-refractivity contribution is 0.0735. The molecule has 2 heterocycles. The van der Waals surface area contributed by atoms with E-state index in [2.05, 4.69) is 20.9 Å². The van der Waals surface area contributed by atoms with Crippen molar-refractivity contribution in [1.82, 2.24) is 9.88 Å². The number of aromatic nitrogens is 1. The molecule has 0 N–H and O–H groups in total. The Bertz CT molecular complexity index is 615. The number of carbonyl (C=O) groups excluding carboxylic acids is 1. The van der Waals surface area contributed by atoms with Gasteiger partial charge in [0.05, 0.1) is 6.04 Å². The first kappa shape index (κ1) is 13.3. The first-order chi connectivity index (χ1) is 9.77. The lowest BCUT2D eigenvalue weighted by atomic mass is 10.1. The fourth-order valence-corrected chi connectivity index (χ4v) is 3.24. The van der Waals surface area contributed by atoms with Gasteiger partial charge in [0.1, 0.15) is 4.60 Å². The zero-order valence-electron chi connectivity index (χ0n) is 11.0. The smallest absolute Gasteiger partial charge is 0.254 e. The van der Waals surface area contributed by atoms with Gasteiger partial charge in [-0.05, 0) is 47.0 Å². The fourth-order valence-electron chi connectivity index (χ4n) is 2.73. The highest BCUT2D eigenvalue weighted by molar-refractivity contribution is 9.10. The summed E-state index contributed by atoms with van der Waals surface area (Å²) in [5.41, 5.74) is 1.84. The number of nitrogens with zero attached hydrogens (tertiary/aromatic N) is 2. The Kier molecular flexibility index (Phi) is 3.83. The van der Waals surface area contributed by atoms with Crippen molar-refractivity contribution >= 4 is 21.8 Å². The zero-order chi connectivity index (χ0) is 13.9. The van der Waals surface area contributed by atoms with Gasteiger partial charge in [-0.15, -0.1) is 0 Å². The van der Waals surface area contributed by atoms with Crippen LogP contribution in [0.5, 0.6) is 0 Å². The normalized spacial score (nSPS) is 18.2. The first-order valence-corrected chi connectivity index (χ1v) is 7.53. The van der Waals surface area contributed by atoms with Crippen molar-refractivity contribution in [2.24, 2.45) is 0 Å². The molecule has 1 aliphatic rings. The van der Waals surface area contributed by atoms with Crippen LogP contribution in [-0.2, 0) is 0 Å². The summed E-state index contributed by atoms with van der Waals surface area (Å²) in [4.78, 5) is 18.9. The standard InChI is InChI=1S/C16H15BrN2O/c17-15-13(8-4-10-18-15)14-9-5-11-19(14)16(20)12-6-2-1-3-7-12/h1-4,6-8,10,14H,5,9,11H2/t14-/m0/s1. The molecule has 1 aliphatic heterocycles. The number of halogens is 1. The van der Waals surface area contributed by atoms with Gasteiger partial charge in [-0.1, -0.05) is 24.3 Å². The number of likely N-dealkylation sites (tertiary alicyclic amines) is 1. The molecule has 1 saturated heterocycles. The zero-order valence-corrected chi connectivity index (χ0v) is 12.6. The van der Waals surface area contributed by atoms with E-state index in [0.29, 0.717) is 0 Å². The molecule has 1 aromatic heterocycles. The van der Waals surface area contributed by atoms with Gasteiger partial charge in [-0.25, -0.2) is 4.98 Å². The number of amides is 1. The largest absolute Gasteiger partial charge is 0.332 e. The summed E-state index contributed by atoms with van der Waals surface area (Å²) >= 11 is 3.49. The third-order valence-electron chi connectivity index (χ3n) is 3.68. The monoisotopic (exact) mass is 330 g/mol. The van der Waals surface area contributed by atoms with E-state index >= 15 is 0 Å². The molecule has 1 amide bonds. The van der Waals surface area contributed by atoms with Crippen LogP contribution in [0, 0.1) is 0 Å². The molecule has 0 aliphatic carbocycles. The molecule has 3 rings (SSSR count). The van der Waals surface area contributed by atoms with Crippen LogP contribution in [0.25, 0.3) is 0 Å². The third-order valence-corrected chi connectivity index (χ3v) is 4.34. The van der Waals surface area contributed by atoms with E-state index in [-0.39, 0.29) is 11.9 Å². The van der Waals surface area contributed by atoms with Gasteiger partial charge in [-0.3, -0.25) is 4.79 Å². The molecule has 0 spiro atoms. The molecule has 2 aromatic rings. The lowest BCUT2D eigenvalue weighted by Gasteiger charge is -2.25. The van der Waals surface area contributed by atoms with E-state index in [4.69, 9.17) is 0 Å². The van der Waals surface area contributed by atoms with E-state index in [1.54, 1.807) is 6.20 Å². The predicted octanol–water partition coefficient (Wildman–Crippen LogP) is 3.82. The van der Waals surface area contributed by atoms with Crippen molar-refractivity contribution < 1.29 is 4.79 Å². The van der Waals surface area contributed by atoms with Gasteiger partial charge in [-0.2, -0.15) is 0 Å². The Morgan fingerprint density at radius 2 is 2.00 bits per heavy atom. The van der Waals surface area contributed by atoms with Gasteiger partial charge in [0.25, 0.3) is 5.91 Å². The number of rotatable bonds is 2. The number of carbonyl (C=O) groups is 1. The van der Waals surface area contributed by atoms with E-state index in [1.807, 2.05) is 47.4 Å². The Morgan fingerprint density at radius 3 is 2.75 bits per heavy atom. The molecule has 1 atom stereocenters. The molecular weight excluding hydrogens is 316 g/mol. The van der Waals surface area contributed by atoms with E-state index in [0.717, 1.165) is 35.1 Å². The highest BCUT2D eigenvalue weighted by Crippen LogP contribution is 2.35. The van der Waals surface area contributed by atoms with Crippen LogP contribution in [-0.4, -0.2) is 22.3 Å². The summed E-state index contributed by atoms with van der Waals surface area (Å²) in [5.74, 6) is 0.101. The lowest BCUT2D eigenvalue weighted by Crippen LogP contribution is -2.30.